The number of non-ortho nitro benzene ring substituents is 1. The highest BCUT2D eigenvalue weighted by Gasteiger charge is 2.60. The van der Waals surface area contributed by atoms with Crippen molar-refractivity contribution in [2.24, 2.45) is 5.92 Å². The quantitative estimate of drug-likeness (QED) is 0.342. The van der Waals surface area contributed by atoms with Gasteiger partial charge in [0.1, 0.15) is 5.92 Å². The summed E-state index contributed by atoms with van der Waals surface area (Å²) in [6.07, 6.45) is -1.06. The standard InChI is InChI=1S/C25H20N4O6/c1-15(30)26-17-9-7-16(8-10-17)22-21-23(35-28(22)19-5-3-2-4-6-19)25(32)27(24(21)31)18-11-13-20(14-12-18)29(33)34/h2-14,21-23H,1H3,(H,26,30)/t21-,22-,23-/m1/s1. The van der Waals surface area contributed by atoms with Crippen molar-refractivity contribution in [1.29, 1.82) is 0 Å². The Morgan fingerprint density at radius 3 is 2.17 bits per heavy atom. The molecule has 0 radical (unpaired) electrons. The Morgan fingerprint density at radius 1 is 0.914 bits per heavy atom. The van der Waals surface area contributed by atoms with Crippen LogP contribution in [0.15, 0.2) is 78.9 Å². The maximum absolute atomic E-state index is 13.6. The molecule has 2 fully saturated rings. The summed E-state index contributed by atoms with van der Waals surface area (Å²) in [6.45, 7) is 1.41. The van der Waals surface area contributed by atoms with Crippen LogP contribution >= 0.6 is 0 Å². The lowest BCUT2D eigenvalue weighted by Gasteiger charge is -2.28. The molecule has 0 aliphatic carbocycles. The molecule has 10 nitrogen and oxygen atoms in total. The summed E-state index contributed by atoms with van der Waals surface area (Å²) in [5.74, 6) is -2.04. The van der Waals surface area contributed by atoms with Gasteiger partial charge in [-0.05, 0) is 42.0 Å². The van der Waals surface area contributed by atoms with Crippen LogP contribution < -0.4 is 15.3 Å². The van der Waals surface area contributed by atoms with Crippen LogP contribution in [0.2, 0.25) is 0 Å². The number of imide groups is 1. The number of rotatable bonds is 5. The molecule has 0 aromatic heterocycles. The molecular weight excluding hydrogens is 452 g/mol. The molecule has 2 aliphatic rings. The predicted molar refractivity (Wildman–Crippen MR) is 126 cm³/mol. The lowest BCUT2D eigenvalue weighted by Crippen LogP contribution is -2.37. The van der Waals surface area contributed by atoms with E-state index in [1.807, 2.05) is 30.3 Å². The lowest BCUT2D eigenvalue weighted by molar-refractivity contribution is -0.384. The molecule has 2 heterocycles. The average Bonchev–Trinajstić information content (AvgIpc) is 3.36. The number of anilines is 3. The van der Waals surface area contributed by atoms with Crippen molar-refractivity contribution in [2.45, 2.75) is 19.1 Å². The van der Waals surface area contributed by atoms with Crippen molar-refractivity contribution in [2.75, 3.05) is 15.3 Å². The minimum Gasteiger partial charge on any atom is -0.326 e. The summed E-state index contributed by atoms with van der Waals surface area (Å²) in [5.41, 5.74) is 2.11. The molecule has 3 aromatic rings. The number of nitro groups is 1. The van der Waals surface area contributed by atoms with Gasteiger partial charge in [0, 0.05) is 24.7 Å². The van der Waals surface area contributed by atoms with E-state index in [4.69, 9.17) is 4.84 Å². The van der Waals surface area contributed by atoms with Crippen molar-refractivity contribution < 1.29 is 24.1 Å². The molecule has 0 saturated carbocycles. The molecule has 0 unspecified atom stereocenters. The highest BCUT2D eigenvalue weighted by Crippen LogP contribution is 2.47. The molecule has 1 N–H and O–H groups in total. The topological polar surface area (TPSA) is 122 Å². The Balaban J connectivity index is 1.52. The Hall–Kier alpha value is -4.57. The average molecular weight is 472 g/mol. The number of nitrogens with one attached hydrogen (secondary N) is 1. The fourth-order valence-corrected chi connectivity index (χ4v) is 4.50. The smallest absolute Gasteiger partial charge is 0.269 e. The fourth-order valence-electron chi connectivity index (χ4n) is 4.50. The molecule has 0 spiro atoms. The number of hydroxylamine groups is 1. The number of carbonyl (C=O) groups is 3. The minimum absolute atomic E-state index is 0.142. The summed E-state index contributed by atoms with van der Waals surface area (Å²) in [6, 6.07) is 20.8. The zero-order chi connectivity index (χ0) is 24.7. The number of fused-ring (bicyclic) bond motifs is 1. The van der Waals surface area contributed by atoms with E-state index in [-0.39, 0.29) is 17.3 Å². The van der Waals surface area contributed by atoms with Gasteiger partial charge in [0.2, 0.25) is 11.8 Å². The van der Waals surface area contributed by atoms with E-state index in [1.165, 1.54) is 31.2 Å². The number of hydrogen-bond donors (Lipinski definition) is 1. The van der Waals surface area contributed by atoms with E-state index in [0.717, 1.165) is 10.5 Å². The molecule has 3 atom stereocenters. The normalized spacial score (nSPS) is 21.2. The van der Waals surface area contributed by atoms with E-state index in [0.29, 0.717) is 11.4 Å². The molecule has 3 amide bonds. The third-order valence-corrected chi connectivity index (χ3v) is 6.02. The number of carbonyl (C=O) groups excluding carboxylic acids is 3. The second kappa shape index (κ2) is 8.65. The molecule has 5 rings (SSSR count). The molecule has 176 valence electrons. The number of amides is 3. The van der Waals surface area contributed by atoms with Gasteiger partial charge in [0.25, 0.3) is 11.6 Å². The van der Waals surface area contributed by atoms with Gasteiger partial charge in [0.05, 0.1) is 22.3 Å². The summed E-state index contributed by atoms with van der Waals surface area (Å²) in [4.78, 5) is 55.8. The first-order chi connectivity index (χ1) is 16.8. The highest BCUT2D eigenvalue weighted by molar-refractivity contribution is 6.24. The first-order valence-corrected chi connectivity index (χ1v) is 10.9. The van der Waals surface area contributed by atoms with E-state index in [1.54, 1.807) is 29.3 Å². The summed E-state index contributed by atoms with van der Waals surface area (Å²) < 4.78 is 0. The van der Waals surface area contributed by atoms with Crippen LogP contribution in [-0.4, -0.2) is 28.7 Å². The van der Waals surface area contributed by atoms with Crippen molar-refractivity contribution in [3.05, 3.63) is 94.5 Å². The van der Waals surface area contributed by atoms with Gasteiger partial charge in [-0.2, -0.15) is 0 Å². The summed E-state index contributed by atoms with van der Waals surface area (Å²) >= 11 is 0. The molecule has 0 bridgehead atoms. The van der Waals surface area contributed by atoms with Gasteiger partial charge >= 0.3 is 0 Å². The fraction of sp³-hybridized carbons (Fsp3) is 0.160. The van der Waals surface area contributed by atoms with Crippen LogP contribution in [0.5, 0.6) is 0 Å². The molecule has 3 aromatic carbocycles. The van der Waals surface area contributed by atoms with Gasteiger partial charge in [-0.3, -0.25) is 29.3 Å². The second-order valence-corrected chi connectivity index (χ2v) is 8.25. The monoisotopic (exact) mass is 472 g/mol. The Labute approximate surface area is 199 Å². The zero-order valence-corrected chi connectivity index (χ0v) is 18.5. The van der Waals surface area contributed by atoms with Crippen LogP contribution in [0, 0.1) is 16.0 Å². The van der Waals surface area contributed by atoms with Crippen molar-refractivity contribution >= 4 is 40.5 Å². The maximum atomic E-state index is 13.6. The van der Waals surface area contributed by atoms with Crippen LogP contribution in [0.3, 0.4) is 0 Å². The van der Waals surface area contributed by atoms with E-state index < -0.39 is 34.8 Å². The third-order valence-electron chi connectivity index (χ3n) is 6.02. The molecule has 2 aliphatic heterocycles. The van der Waals surface area contributed by atoms with Gasteiger partial charge in [0.15, 0.2) is 6.10 Å². The lowest BCUT2D eigenvalue weighted by atomic mass is 9.90. The molecule has 10 heteroatoms. The number of nitrogens with zero attached hydrogens (tertiary/aromatic N) is 3. The zero-order valence-electron chi connectivity index (χ0n) is 18.5. The van der Waals surface area contributed by atoms with Gasteiger partial charge < -0.3 is 5.32 Å². The van der Waals surface area contributed by atoms with Crippen LogP contribution in [0.1, 0.15) is 18.5 Å². The largest absolute Gasteiger partial charge is 0.326 e. The van der Waals surface area contributed by atoms with E-state index in [2.05, 4.69) is 5.32 Å². The molecular formula is C25H20N4O6. The van der Waals surface area contributed by atoms with Crippen molar-refractivity contribution in [3.63, 3.8) is 0 Å². The van der Waals surface area contributed by atoms with Gasteiger partial charge in [-0.25, -0.2) is 9.96 Å². The first kappa shape index (κ1) is 22.2. The highest BCUT2D eigenvalue weighted by atomic mass is 16.7. The Kier molecular flexibility index (Phi) is 5.50. The van der Waals surface area contributed by atoms with Crippen LogP contribution in [0.25, 0.3) is 0 Å². The van der Waals surface area contributed by atoms with Crippen molar-refractivity contribution in [1.82, 2.24) is 0 Å². The first-order valence-electron chi connectivity index (χ1n) is 10.9. The number of hydrogen-bond acceptors (Lipinski definition) is 7. The van der Waals surface area contributed by atoms with E-state index >= 15 is 0 Å². The third kappa shape index (κ3) is 3.89. The Morgan fingerprint density at radius 2 is 1.57 bits per heavy atom. The van der Waals surface area contributed by atoms with Gasteiger partial charge in [-0.15, -0.1) is 0 Å². The Bertz CT molecular complexity index is 1310. The van der Waals surface area contributed by atoms with Gasteiger partial charge in [-0.1, -0.05) is 30.3 Å². The number of para-hydroxylation sites is 1. The van der Waals surface area contributed by atoms with Crippen LogP contribution in [0.4, 0.5) is 22.7 Å². The van der Waals surface area contributed by atoms with Crippen molar-refractivity contribution in [3.8, 4) is 0 Å². The predicted octanol–water partition coefficient (Wildman–Crippen LogP) is 3.60. The SMILES string of the molecule is CC(=O)Nc1ccc([C@@H]2[C@H]3C(=O)N(c4ccc([N+](=O)[O-])cc4)C(=O)[C@@H]3ON2c2ccccc2)cc1. The summed E-state index contributed by atoms with van der Waals surface area (Å²) in [7, 11) is 0. The summed E-state index contributed by atoms with van der Waals surface area (Å²) in [5, 5.41) is 15.3. The van der Waals surface area contributed by atoms with E-state index in [9.17, 15) is 24.5 Å². The minimum atomic E-state index is -1.06. The van der Waals surface area contributed by atoms with Crippen LogP contribution in [-0.2, 0) is 19.2 Å². The number of benzene rings is 3. The molecule has 35 heavy (non-hydrogen) atoms. The number of nitro benzene ring substituents is 1. The second-order valence-electron chi connectivity index (χ2n) is 8.25. The maximum Gasteiger partial charge on any atom is 0.269 e. The molecule has 2 saturated heterocycles.